The monoisotopic (exact) mass is 381 g/mol. The van der Waals surface area contributed by atoms with Crippen LogP contribution in [0, 0.1) is 0 Å². The van der Waals surface area contributed by atoms with E-state index in [1.165, 1.54) is 77.3 Å². The molecule has 0 aliphatic rings. The van der Waals surface area contributed by atoms with Crippen molar-refractivity contribution < 1.29 is 18.9 Å². The summed E-state index contributed by atoms with van der Waals surface area (Å²) in [7, 11) is -4.24. The summed E-state index contributed by atoms with van der Waals surface area (Å²) in [5.74, 6) is 0. The standard InChI is InChI=1S/C11H25O4P.C8H19N/c1-2-3-4-5-6-7-8-9-10-11-15-16(12,13)14;1-3-5-7-9-8-6-4-2/h2-11H2,1H3,(H2,12,13,14);9H,3-8H2,1-2H3. The zero-order valence-electron chi connectivity index (χ0n) is 17.0. The summed E-state index contributed by atoms with van der Waals surface area (Å²) in [6.45, 7) is 9.23. The van der Waals surface area contributed by atoms with E-state index in [1.54, 1.807) is 0 Å². The van der Waals surface area contributed by atoms with E-state index in [4.69, 9.17) is 9.79 Å². The van der Waals surface area contributed by atoms with E-state index in [9.17, 15) is 4.57 Å². The van der Waals surface area contributed by atoms with E-state index in [0.717, 1.165) is 19.3 Å². The first-order chi connectivity index (χ1) is 12.0. The van der Waals surface area contributed by atoms with Crippen molar-refractivity contribution in [3.63, 3.8) is 0 Å². The highest BCUT2D eigenvalue weighted by Gasteiger charge is 2.12. The highest BCUT2D eigenvalue weighted by molar-refractivity contribution is 7.46. The van der Waals surface area contributed by atoms with Crippen molar-refractivity contribution in [1.29, 1.82) is 0 Å². The number of phosphoric ester groups is 1. The lowest BCUT2D eigenvalue weighted by atomic mass is 10.1. The predicted molar refractivity (Wildman–Crippen MR) is 108 cm³/mol. The Bertz CT molecular complexity index is 279. The lowest BCUT2D eigenvalue weighted by Gasteiger charge is -2.04. The second kappa shape index (κ2) is 22.1. The Labute approximate surface area is 156 Å². The summed E-state index contributed by atoms with van der Waals surface area (Å²) in [6.07, 6.45) is 15.9. The Balaban J connectivity index is 0. The Morgan fingerprint density at radius 3 is 1.48 bits per heavy atom. The molecule has 0 atom stereocenters. The summed E-state index contributed by atoms with van der Waals surface area (Å²) in [5.41, 5.74) is 0. The SMILES string of the molecule is CCCCCCCCCCCOP(=O)(O)O.CCCCNCCCC. The molecule has 0 aliphatic heterocycles. The van der Waals surface area contributed by atoms with Crippen LogP contribution in [0.5, 0.6) is 0 Å². The number of hydrogen-bond donors (Lipinski definition) is 3. The molecule has 0 rings (SSSR count). The molecule has 0 unspecified atom stereocenters. The largest absolute Gasteiger partial charge is 0.469 e. The molecule has 154 valence electrons. The van der Waals surface area contributed by atoms with E-state index in [0.29, 0.717) is 0 Å². The molecule has 6 heteroatoms. The van der Waals surface area contributed by atoms with Gasteiger partial charge in [0.1, 0.15) is 0 Å². The van der Waals surface area contributed by atoms with Gasteiger partial charge in [-0.15, -0.1) is 0 Å². The quantitative estimate of drug-likeness (QED) is 0.219. The van der Waals surface area contributed by atoms with E-state index in [1.807, 2.05) is 0 Å². The van der Waals surface area contributed by atoms with Gasteiger partial charge in [0.25, 0.3) is 0 Å². The van der Waals surface area contributed by atoms with Crippen LogP contribution in [-0.4, -0.2) is 29.5 Å². The smallest absolute Gasteiger partial charge is 0.317 e. The Kier molecular flexibility index (Phi) is 24.1. The second-order valence-corrected chi connectivity index (χ2v) is 7.85. The molecule has 0 amide bonds. The molecule has 0 aromatic heterocycles. The fourth-order valence-electron chi connectivity index (χ4n) is 2.32. The second-order valence-electron chi connectivity index (χ2n) is 6.61. The molecule has 0 saturated carbocycles. The number of unbranched alkanes of at least 4 members (excludes halogenated alkanes) is 10. The zero-order valence-corrected chi connectivity index (χ0v) is 17.9. The van der Waals surface area contributed by atoms with Crippen LogP contribution in [0.4, 0.5) is 0 Å². The number of rotatable bonds is 17. The van der Waals surface area contributed by atoms with Gasteiger partial charge in [0.2, 0.25) is 0 Å². The third-order valence-corrected chi connectivity index (χ3v) is 4.44. The molecule has 0 heterocycles. The van der Waals surface area contributed by atoms with Gasteiger partial charge in [0, 0.05) is 0 Å². The Morgan fingerprint density at radius 2 is 1.08 bits per heavy atom. The maximum absolute atomic E-state index is 10.3. The lowest BCUT2D eigenvalue weighted by Crippen LogP contribution is -2.15. The molecule has 3 N–H and O–H groups in total. The highest BCUT2D eigenvalue weighted by Crippen LogP contribution is 2.35. The molecule has 0 spiro atoms. The molecule has 0 saturated heterocycles. The van der Waals surface area contributed by atoms with Crippen LogP contribution >= 0.6 is 7.82 Å². The minimum atomic E-state index is -4.24. The van der Waals surface area contributed by atoms with Gasteiger partial charge in [-0.2, -0.15) is 0 Å². The van der Waals surface area contributed by atoms with Gasteiger partial charge in [-0.05, 0) is 32.4 Å². The molecule has 0 radical (unpaired) electrons. The lowest BCUT2D eigenvalue weighted by molar-refractivity contribution is 0.193. The van der Waals surface area contributed by atoms with E-state index in [2.05, 4.69) is 30.6 Å². The Hall–Kier alpha value is 0.0700. The van der Waals surface area contributed by atoms with Gasteiger partial charge in [0.05, 0.1) is 6.61 Å². The van der Waals surface area contributed by atoms with Gasteiger partial charge in [0.15, 0.2) is 0 Å². The summed E-state index contributed by atoms with van der Waals surface area (Å²) in [6, 6.07) is 0. The normalized spacial score (nSPS) is 11.2. The van der Waals surface area contributed by atoms with E-state index < -0.39 is 7.82 Å². The molecule has 0 aromatic carbocycles. The van der Waals surface area contributed by atoms with Crippen LogP contribution in [0.15, 0.2) is 0 Å². The highest BCUT2D eigenvalue weighted by atomic mass is 31.2. The molecule has 5 nitrogen and oxygen atoms in total. The first-order valence-electron chi connectivity index (χ1n) is 10.4. The topological polar surface area (TPSA) is 78.8 Å². The van der Waals surface area contributed by atoms with E-state index in [-0.39, 0.29) is 6.61 Å². The predicted octanol–water partition coefficient (Wildman–Crippen LogP) is 5.80. The number of phosphoric acid groups is 1. The summed E-state index contributed by atoms with van der Waals surface area (Å²) < 4.78 is 14.7. The summed E-state index contributed by atoms with van der Waals surface area (Å²) in [4.78, 5) is 16.9. The van der Waals surface area contributed by atoms with Crippen LogP contribution in [0.3, 0.4) is 0 Å². The van der Waals surface area contributed by atoms with Gasteiger partial charge < -0.3 is 15.1 Å². The maximum atomic E-state index is 10.3. The van der Waals surface area contributed by atoms with E-state index >= 15 is 0 Å². The van der Waals surface area contributed by atoms with Crippen LogP contribution in [0.1, 0.15) is 104 Å². The third-order valence-electron chi connectivity index (χ3n) is 3.92. The van der Waals surface area contributed by atoms with Crippen molar-refractivity contribution in [2.24, 2.45) is 0 Å². The molecular formula is C19H44NO4P. The average Bonchev–Trinajstić information content (AvgIpc) is 2.56. The van der Waals surface area contributed by atoms with Crippen LogP contribution in [-0.2, 0) is 9.09 Å². The number of nitrogens with one attached hydrogen (secondary N) is 1. The molecule has 0 aromatic rings. The van der Waals surface area contributed by atoms with Crippen LogP contribution in [0.2, 0.25) is 0 Å². The van der Waals surface area contributed by atoms with Crippen molar-refractivity contribution in [1.82, 2.24) is 5.32 Å². The minimum absolute atomic E-state index is 0.167. The number of hydrogen-bond acceptors (Lipinski definition) is 3. The van der Waals surface area contributed by atoms with Gasteiger partial charge in [-0.1, -0.05) is 85.0 Å². The Morgan fingerprint density at radius 1 is 0.680 bits per heavy atom. The fourth-order valence-corrected chi connectivity index (χ4v) is 2.69. The van der Waals surface area contributed by atoms with Crippen molar-refractivity contribution in [3.8, 4) is 0 Å². The molecule has 0 fully saturated rings. The van der Waals surface area contributed by atoms with Crippen molar-refractivity contribution in [2.45, 2.75) is 104 Å². The first-order valence-corrected chi connectivity index (χ1v) is 11.9. The zero-order chi connectivity index (χ0) is 19.2. The van der Waals surface area contributed by atoms with Gasteiger partial charge >= 0.3 is 7.82 Å². The first kappa shape index (κ1) is 27.3. The molecule has 25 heavy (non-hydrogen) atoms. The maximum Gasteiger partial charge on any atom is 0.469 e. The molecule has 0 bridgehead atoms. The van der Waals surface area contributed by atoms with Crippen LogP contribution < -0.4 is 5.32 Å². The summed E-state index contributed by atoms with van der Waals surface area (Å²) in [5, 5.41) is 3.39. The minimum Gasteiger partial charge on any atom is -0.317 e. The van der Waals surface area contributed by atoms with Crippen molar-refractivity contribution >= 4 is 7.82 Å². The third kappa shape index (κ3) is 32.2. The molecular weight excluding hydrogens is 337 g/mol. The summed E-state index contributed by atoms with van der Waals surface area (Å²) >= 11 is 0. The molecule has 0 aliphatic carbocycles. The van der Waals surface area contributed by atoms with Gasteiger partial charge in [-0.25, -0.2) is 4.57 Å². The average molecular weight is 382 g/mol. The van der Waals surface area contributed by atoms with Gasteiger partial charge in [-0.3, -0.25) is 4.52 Å². The fraction of sp³-hybridized carbons (Fsp3) is 1.00. The van der Waals surface area contributed by atoms with Crippen molar-refractivity contribution in [2.75, 3.05) is 19.7 Å². The van der Waals surface area contributed by atoms with Crippen molar-refractivity contribution in [3.05, 3.63) is 0 Å². The van der Waals surface area contributed by atoms with Crippen LogP contribution in [0.25, 0.3) is 0 Å².